The van der Waals surface area contributed by atoms with Crippen LogP contribution in [0.25, 0.3) is 6.08 Å². The van der Waals surface area contributed by atoms with E-state index in [9.17, 15) is 24.8 Å². The molecule has 3 N–H and O–H groups in total. The molecule has 0 bridgehead atoms. The molecular formula is C25H22N4O6. The van der Waals surface area contributed by atoms with Crippen LogP contribution in [0.5, 0.6) is 11.5 Å². The molecule has 0 aliphatic carbocycles. The highest BCUT2D eigenvalue weighted by Gasteiger charge is 2.18. The molecule has 3 aromatic carbocycles. The summed E-state index contributed by atoms with van der Waals surface area (Å²) in [5, 5.41) is 27.4. The van der Waals surface area contributed by atoms with Gasteiger partial charge in [0, 0.05) is 11.6 Å². The Morgan fingerprint density at radius 3 is 2.34 bits per heavy atom. The molecule has 0 fully saturated rings. The van der Waals surface area contributed by atoms with Gasteiger partial charge >= 0.3 is 5.69 Å². The van der Waals surface area contributed by atoms with Crippen LogP contribution in [0.15, 0.2) is 83.6 Å². The fourth-order valence-corrected chi connectivity index (χ4v) is 3.01. The number of benzene rings is 3. The number of carbonyl (C=O) groups excluding carboxylic acids is 2. The Morgan fingerprint density at radius 2 is 1.71 bits per heavy atom. The van der Waals surface area contributed by atoms with Gasteiger partial charge in [0.2, 0.25) is 0 Å². The van der Waals surface area contributed by atoms with Crippen LogP contribution in [0, 0.1) is 10.1 Å². The van der Waals surface area contributed by atoms with Crippen molar-refractivity contribution in [2.45, 2.75) is 6.92 Å². The molecule has 0 radical (unpaired) electrons. The average Bonchev–Trinajstić information content (AvgIpc) is 2.87. The van der Waals surface area contributed by atoms with Crippen LogP contribution in [0.3, 0.4) is 0 Å². The predicted molar refractivity (Wildman–Crippen MR) is 130 cm³/mol. The van der Waals surface area contributed by atoms with E-state index >= 15 is 0 Å². The number of hydrogen-bond donors (Lipinski definition) is 3. The van der Waals surface area contributed by atoms with Crippen LogP contribution in [-0.4, -0.2) is 34.7 Å². The molecule has 10 nitrogen and oxygen atoms in total. The van der Waals surface area contributed by atoms with Gasteiger partial charge in [-0.15, -0.1) is 0 Å². The van der Waals surface area contributed by atoms with E-state index in [1.807, 2.05) is 0 Å². The zero-order valence-electron chi connectivity index (χ0n) is 18.9. The topological polar surface area (TPSA) is 143 Å². The van der Waals surface area contributed by atoms with Gasteiger partial charge < -0.3 is 15.2 Å². The van der Waals surface area contributed by atoms with Gasteiger partial charge in [-0.05, 0) is 66.6 Å². The van der Waals surface area contributed by atoms with E-state index in [0.717, 1.165) is 0 Å². The van der Waals surface area contributed by atoms with Crippen molar-refractivity contribution in [3.8, 4) is 11.5 Å². The SMILES string of the molecule is COc1ccc(C=C(NC(=O)c2ccccc2)C(=O)N/N=C(\C)c2ccc(O)cc2)cc1[N+](=O)[O-]. The Bertz CT molecular complexity index is 1300. The summed E-state index contributed by atoms with van der Waals surface area (Å²) < 4.78 is 5.01. The second kappa shape index (κ2) is 11.2. The minimum atomic E-state index is -0.745. The number of aromatic hydroxyl groups is 1. The van der Waals surface area contributed by atoms with Crippen LogP contribution >= 0.6 is 0 Å². The third-order valence-corrected chi connectivity index (χ3v) is 4.85. The van der Waals surface area contributed by atoms with Gasteiger partial charge in [0.05, 0.1) is 17.7 Å². The summed E-state index contributed by atoms with van der Waals surface area (Å²) in [7, 11) is 1.31. The summed E-state index contributed by atoms with van der Waals surface area (Å²) in [5.41, 5.74) is 3.62. The molecule has 2 amide bonds. The van der Waals surface area contributed by atoms with Crippen molar-refractivity contribution in [1.82, 2.24) is 10.7 Å². The van der Waals surface area contributed by atoms with E-state index in [2.05, 4.69) is 15.8 Å². The maximum Gasteiger partial charge on any atom is 0.311 e. The van der Waals surface area contributed by atoms with Crippen molar-refractivity contribution in [3.05, 3.63) is 105 Å². The minimum absolute atomic E-state index is 0.0561. The van der Waals surface area contributed by atoms with Gasteiger partial charge in [-0.3, -0.25) is 19.7 Å². The number of ether oxygens (including phenoxy) is 1. The number of rotatable bonds is 8. The smallest absolute Gasteiger partial charge is 0.311 e. The first-order chi connectivity index (χ1) is 16.8. The number of phenols is 1. The summed E-state index contributed by atoms with van der Waals surface area (Å²) in [6.45, 7) is 1.66. The summed E-state index contributed by atoms with van der Waals surface area (Å²) in [6, 6.07) is 18.6. The first-order valence-corrected chi connectivity index (χ1v) is 10.3. The van der Waals surface area contributed by atoms with Crippen molar-refractivity contribution in [2.75, 3.05) is 7.11 Å². The van der Waals surface area contributed by atoms with Gasteiger partial charge in [-0.25, -0.2) is 5.43 Å². The van der Waals surface area contributed by atoms with E-state index in [1.165, 1.54) is 43.5 Å². The molecule has 3 aromatic rings. The van der Waals surface area contributed by atoms with E-state index in [-0.39, 0.29) is 28.4 Å². The summed E-state index contributed by atoms with van der Waals surface area (Å²) in [4.78, 5) is 36.4. The van der Waals surface area contributed by atoms with E-state index < -0.39 is 16.7 Å². The van der Waals surface area contributed by atoms with Gasteiger partial charge in [0.15, 0.2) is 5.75 Å². The molecule has 0 heterocycles. The molecule has 0 saturated carbocycles. The lowest BCUT2D eigenvalue weighted by Crippen LogP contribution is -2.33. The number of methoxy groups -OCH3 is 1. The van der Waals surface area contributed by atoms with Crippen LogP contribution < -0.4 is 15.5 Å². The number of nitrogens with one attached hydrogen (secondary N) is 2. The Labute approximate surface area is 200 Å². The van der Waals surface area contributed by atoms with Crippen molar-refractivity contribution >= 4 is 29.3 Å². The number of carbonyl (C=O) groups is 2. The highest BCUT2D eigenvalue weighted by atomic mass is 16.6. The predicted octanol–water partition coefficient (Wildman–Crippen LogP) is 3.62. The molecule has 0 unspecified atom stereocenters. The summed E-state index contributed by atoms with van der Waals surface area (Å²) >= 11 is 0. The molecule has 0 spiro atoms. The highest BCUT2D eigenvalue weighted by Crippen LogP contribution is 2.28. The maximum atomic E-state index is 12.9. The maximum absolute atomic E-state index is 12.9. The lowest BCUT2D eigenvalue weighted by molar-refractivity contribution is -0.385. The van der Waals surface area contributed by atoms with Crippen molar-refractivity contribution in [1.29, 1.82) is 0 Å². The van der Waals surface area contributed by atoms with Gasteiger partial charge in [0.1, 0.15) is 11.4 Å². The van der Waals surface area contributed by atoms with Crippen LogP contribution in [0.2, 0.25) is 0 Å². The number of amides is 2. The zero-order chi connectivity index (χ0) is 25.4. The van der Waals surface area contributed by atoms with E-state index in [4.69, 9.17) is 4.74 Å². The van der Waals surface area contributed by atoms with Crippen LogP contribution in [0.1, 0.15) is 28.4 Å². The molecule has 0 saturated heterocycles. The molecule has 0 aliphatic heterocycles. The van der Waals surface area contributed by atoms with Crippen LogP contribution in [0.4, 0.5) is 5.69 Å². The first kappa shape index (κ1) is 24.6. The molecule has 0 atom stereocenters. The van der Waals surface area contributed by atoms with Crippen molar-refractivity contribution < 1.29 is 24.4 Å². The molecule has 178 valence electrons. The summed E-state index contributed by atoms with van der Waals surface area (Å²) in [5.74, 6) is -1.14. The molecule has 0 aromatic heterocycles. The Kier molecular flexibility index (Phi) is 7.91. The Balaban J connectivity index is 1.93. The molecule has 3 rings (SSSR count). The number of hydrogen-bond acceptors (Lipinski definition) is 7. The average molecular weight is 474 g/mol. The van der Waals surface area contributed by atoms with Gasteiger partial charge in [0.25, 0.3) is 11.8 Å². The van der Waals surface area contributed by atoms with Gasteiger partial charge in [-0.1, -0.05) is 24.3 Å². The molecule has 35 heavy (non-hydrogen) atoms. The van der Waals surface area contributed by atoms with Crippen molar-refractivity contribution in [2.24, 2.45) is 5.10 Å². The van der Waals surface area contributed by atoms with E-state index in [0.29, 0.717) is 16.8 Å². The second-order valence-electron chi connectivity index (χ2n) is 7.25. The highest BCUT2D eigenvalue weighted by molar-refractivity contribution is 6.06. The monoisotopic (exact) mass is 474 g/mol. The largest absolute Gasteiger partial charge is 0.508 e. The van der Waals surface area contributed by atoms with Crippen LogP contribution in [-0.2, 0) is 4.79 Å². The lowest BCUT2D eigenvalue weighted by Gasteiger charge is -2.10. The fraction of sp³-hybridized carbons (Fsp3) is 0.0800. The molecule has 0 aliphatic rings. The number of nitrogens with zero attached hydrogens (tertiary/aromatic N) is 2. The van der Waals surface area contributed by atoms with E-state index in [1.54, 1.807) is 49.4 Å². The zero-order valence-corrected chi connectivity index (χ0v) is 18.9. The number of nitro benzene ring substituents is 1. The third kappa shape index (κ3) is 6.51. The lowest BCUT2D eigenvalue weighted by atomic mass is 10.1. The number of phenolic OH excluding ortho intramolecular Hbond substituents is 1. The number of nitro groups is 1. The minimum Gasteiger partial charge on any atom is -0.508 e. The fourth-order valence-electron chi connectivity index (χ4n) is 3.01. The molecule has 10 heteroatoms. The van der Waals surface area contributed by atoms with Crippen molar-refractivity contribution in [3.63, 3.8) is 0 Å². The molecular weight excluding hydrogens is 452 g/mol. The first-order valence-electron chi connectivity index (χ1n) is 10.3. The van der Waals surface area contributed by atoms with Gasteiger partial charge in [-0.2, -0.15) is 5.10 Å². The third-order valence-electron chi connectivity index (χ3n) is 4.85. The second-order valence-corrected chi connectivity index (χ2v) is 7.25. The Morgan fingerprint density at radius 1 is 1.03 bits per heavy atom. The quantitative estimate of drug-likeness (QED) is 0.197. The normalized spacial score (nSPS) is 11.5. The Hall–Kier alpha value is -4.99. The number of hydrazone groups is 1. The summed E-state index contributed by atoms with van der Waals surface area (Å²) in [6.07, 6.45) is 1.30. The standard InChI is InChI=1S/C25H22N4O6/c1-16(18-9-11-20(30)12-10-18)27-28-25(32)21(26-24(31)19-6-4-3-5-7-19)14-17-8-13-23(35-2)22(15-17)29(33)34/h3-15,30H,1-2H3,(H,26,31)(H,28,32)/b21-14?,27-16+.